The van der Waals surface area contributed by atoms with Gasteiger partial charge in [0.1, 0.15) is 23.7 Å². The fourth-order valence-corrected chi connectivity index (χ4v) is 2.79. The molecule has 0 unspecified atom stereocenters. The summed E-state index contributed by atoms with van der Waals surface area (Å²) in [6.45, 7) is 2.03. The van der Waals surface area contributed by atoms with E-state index in [4.69, 9.17) is 9.47 Å². The average molecular weight is 395 g/mol. The zero-order chi connectivity index (χ0) is 20.8. The van der Waals surface area contributed by atoms with E-state index in [9.17, 15) is 14.4 Å². The van der Waals surface area contributed by atoms with Crippen molar-refractivity contribution in [2.24, 2.45) is 0 Å². The van der Waals surface area contributed by atoms with Crippen LogP contribution in [-0.2, 0) is 9.59 Å². The fraction of sp³-hybridized carbons (Fsp3) is 0.190. The van der Waals surface area contributed by atoms with E-state index in [1.54, 1.807) is 54.6 Å². The summed E-state index contributed by atoms with van der Waals surface area (Å²) in [5.41, 5.74) is 1.28. The number of nitrogens with one attached hydrogen (secondary N) is 2. The molecule has 150 valence electrons. The standard InChI is InChI=1S/C21H21N3O5/c1-3-29-15-10-8-14(9-11-15)12-17-20(26)24(21(27)23-17)13-19(25)22-16-6-4-5-7-18(16)28-2/h4-12H,3,13H2,1-2H3,(H,22,25)(H,23,27)/b17-12+. The summed E-state index contributed by atoms with van der Waals surface area (Å²) in [6, 6.07) is 13.3. The Kier molecular flexibility index (Phi) is 6.13. The van der Waals surface area contributed by atoms with Crippen LogP contribution in [0.5, 0.6) is 11.5 Å². The molecule has 1 fully saturated rings. The van der Waals surface area contributed by atoms with Crippen LogP contribution in [0.1, 0.15) is 12.5 Å². The molecule has 8 heteroatoms. The van der Waals surface area contributed by atoms with E-state index < -0.39 is 24.4 Å². The Bertz CT molecular complexity index is 953. The summed E-state index contributed by atoms with van der Waals surface area (Å²) < 4.78 is 10.5. The molecule has 29 heavy (non-hydrogen) atoms. The summed E-state index contributed by atoms with van der Waals surface area (Å²) in [4.78, 5) is 37.9. The fourth-order valence-electron chi connectivity index (χ4n) is 2.79. The Labute approximate surface area is 168 Å². The number of hydrogen-bond donors (Lipinski definition) is 2. The third-order valence-electron chi connectivity index (χ3n) is 4.15. The van der Waals surface area contributed by atoms with Gasteiger partial charge in [0.05, 0.1) is 19.4 Å². The first kappa shape index (κ1) is 19.9. The Hall–Kier alpha value is -3.81. The van der Waals surface area contributed by atoms with Gasteiger partial charge in [0.15, 0.2) is 0 Å². The molecule has 0 aromatic heterocycles. The highest BCUT2D eigenvalue weighted by Crippen LogP contribution is 2.23. The predicted molar refractivity (Wildman–Crippen MR) is 107 cm³/mol. The van der Waals surface area contributed by atoms with Crippen LogP contribution >= 0.6 is 0 Å². The van der Waals surface area contributed by atoms with Gasteiger partial charge in [0.25, 0.3) is 5.91 Å². The van der Waals surface area contributed by atoms with Crippen molar-refractivity contribution in [1.82, 2.24) is 10.2 Å². The molecule has 2 N–H and O–H groups in total. The number of carbonyl (C=O) groups excluding carboxylic acids is 3. The molecule has 8 nitrogen and oxygen atoms in total. The van der Waals surface area contributed by atoms with Crippen LogP contribution in [-0.4, -0.2) is 43.0 Å². The molecule has 1 aliphatic heterocycles. The maximum absolute atomic E-state index is 12.5. The van der Waals surface area contributed by atoms with Crippen LogP contribution in [0.4, 0.5) is 10.5 Å². The molecule has 0 saturated carbocycles. The van der Waals surface area contributed by atoms with E-state index in [0.29, 0.717) is 23.8 Å². The quantitative estimate of drug-likeness (QED) is 0.555. The predicted octanol–water partition coefficient (Wildman–Crippen LogP) is 2.63. The van der Waals surface area contributed by atoms with Crippen molar-refractivity contribution >= 4 is 29.6 Å². The molecule has 1 saturated heterocycles. The lowest BCUT2D eigenvalue weighted by Crippen LogP contribution is -2.38. The second kappa shape index (κ2) is 8.92. The molecule has 1 heterocycles. The van der Waals surface area contributed by atoms with Gasteiger partial charge in [0.2, 0.25) is 5.91 Å². The lowest BCUT2D eigenvalue weighted by atomic mass is 10.2. The number of hydrogen-bond acceptors (Lipinski definition) is 5. The maximum Gasteiger partial charge on any atom is 0.329 e. The van der Waals surface area contributed by atoms with E-state index in [-0.39, 0.29) is 5.70 Å². The number of carbonyl (C=O) groups is 3. The summed E-state index contributed by atoms with van der Waals surface area (Å²) in [5, 5.41) is 5.14. The van der Waals surface area contributed by atoms with Gasteiger partial charge in [-0.2, -0.15) is 0 Å². The van der Waals surface area contributed by atoms with Crippen LogP contribution in [0, 0.1) is 0 Å². The minimum absolute atomic E-state index is 0.101. The minimum Gasteiger partial charge on any atom is -0.495 e. The number of rotatable bonds is 7. The molecular formula is C21H21N3O5. The Morgan fingerprint density at radius 2 is 1.86 bits per heavy atom. The topological polar surface area (TPSA) is 97.0 Å². The van der Waals surface area contributed by atoms with Crippen molar-refractivity contribution < 1.29 is 23.9 Å². The summed E-state index contributed by atoms with van der Waals surface area (Å²) in [6.07, 6.45) is 1.55. The number of ether oxygens (including phenoxy) is 2. The number of imide groups is 1. The van der Waals surface area contributed by atoms with Crippen LogP contribution in [0.15, 0.2) is 54.2 Å². The number of para-hydroxylation sites is 2. The van der Waals surface area contributed by atoms with Crippen molar-refractivity contribution in [3.05, 3.63) is 59.8 Å². The van der Waals surface area contributed by atoms with Crippen LogP contribution in [0.2, 0.25) is 0 Å². The molecule has 4 amide bonds. The molecule has 1 aliphatic rings. The van der Waals surface area contributed by atoms with Crippen molar-refractivity contribution in [3.63, 3.8) is 0 Å². The summed E-state index contributed by atoms with van der Waals surface area (Å²) in [7, 11) is 1.49. The van der Waals surface area contributed by atoms with E-state index in [1.165, 1.54) is 7.11 Å². The number of nitrogens with zero attached hydrogens (tertiary/aromatic N) is 1. The van der Waals surface area contributed by atoms with E-state index in [0.717, 1.165) is 10.5 Å². The van der Waals surface area contributed by atoms with Crippen LogP contribution in [0.25, 0.3) is 6.08 Å². The Balaban J connectivity index is 1.67. The van der Waals surface area contributed by atoms with Crippen LogP contribution in [0.3, 0.4) is 0 Å². The van der Waals surface area contributed by atoms with Crippen molar-refractivity contribution in [2.45, 2.75) is 6.92 Å². The zero-order valence-electron chi connectivity index (χ0n) is 16.1. The van der Waals surface area contributed by atoms with Gasteiger partial charge >= 0.3 is 6.03 Å². The first-order chi connectivity index (χ1) is 14.0. The highest BCUT2D eigenvalue weighted by Gasteiger charge is 2.35. The zero-order valence-corrected chi connectivity index (χ0v) is 16.1. The lowest BCUT2D eigenvalue weighted by Gasteiger charge is -2.13. The van der Waals surface area contributed by atoms with Crippen molar-refractivity contribution in [3.8, 4) is 11.5 Å². The third-order valence-corrected chi connectivity index (χ3v) is 4.15. The van der Waals surface area contributed by atoms with Crippen molar-refractivity contribution in [2.75, 3.05) is 25.6 Å². The number of methoxy groups -OCH3 is 1. The molecule has 2 aromatic rings. The first-order valence-electron chi connectivity index (χ1n) is 9.02. The van der Waals surface area contributed by atoms with E-state index >= 15 is 0 Å². The number of amides is 4. The summed E-state index contributed by atoms with van der Waals surface area (Å²) >= 11 is 0. The van der Waals surface area contributed by atoms with E-state index in [1.807, 2.05) is 6.92 Å². The molecular weight excluding hydrogens is 374 g/mol. The van der Waals surface area contributed by atoms with Gasteiger partial charge < -0.3 is 20.1 Å². The monoisotopic (exact) mass is 395 g/mol. The van der Waals surface area contributed by atoms with Gasteiger partial charge in [-0.15, -0.1) is 0 Å². The maximum atomic E-state index is 12.5. The Morgan fingerprint density at radius 3 is 2.55 bits per heavy atom. The summed E-state index contributed by atoms with van der Waals surface area (Å²) in [5.74, 6) is 0.111. The molecule has 0 aliphatic carbocycles. The minimum atomic E-state index is -0.651. The molecule has 0 atom stereocenters. The molecule has 0 spiro atoms. The van der Waals surface area contributed by atoms with Crippen LogP contribution < -0.4 is 20.1 Å². The van der Waals surface area contributed by atoms with Gasteiger partial charge in [-0.05, 0) is 42.8 Å². The average Bonchev–Trinajstić information content (AvgIpc) is 2.97. The third kappa shape index (κ3) is 4.73. The van der Waals surface area contributed by atoms with Gasteiger partial charge in [-0.3, -0.25) is 9.59 Å². The second-order valence-corrected chi connectivity index (χ2v) is 6.13. The Morgan fingerprint density at radius 1 is 1.14 bits per heavy atom. The molecule has 3 rings (SSSR count). The number of urea groups is 1. The SMILES string of the molecule is CCOc1ccc(/C=C2/NC(=O)N(CC(=O)Nc3ccccc3OC)C2=O)cc1. The van der Waals surface area contributed by atoms with Gasteiger partial charge in [-0.1, -0.05) is 24.3 Å². The molecule has 0 bridgehead atoms. The largest absolute Gasteiger partial charge is 0.495 e. The van der Waals surface area contributed by atoms with Gasteiger partial charge in [-0.25, -0.2) is 9.69 Å². The normalized spacial score (nSPS) is 14.7. The highest BCUT2D eigenvalue weighted by molar-refractivity contribution is 6.16. The number of benzene rings is 2. The first-order valence-corrected chi connectivity index (χ1v) is 9.02. The second-order valence-electron chi connectivity index (χ2n) is 6.13. The van der Waals surface area contributed by atoms with E-state index in [2.05, 4.69) is 10.6 Å². The van der Waals surface area contributed by atoms with Crippen molar-refractivity contribution in [1.29, 1.82) is 0 Å². The number of anilines is 1. The smallest absolute Gasteiger partial charge is 0.329 e. The lowest BCUT2D eigenvalue weighted by molar-refractivity contribution is -0.127. The molecule has 0 radical (unpaired) electrons. The van der Waals surface area contributed by atoms with Gasteiger partial charge in [0, 0.05) is 0 Å². The molecule has 2 aromatic carbocycles. The highest BCUT2D eigenvalue weighted by atomic mass is 16.5.